The van der Waals surface area contributed by atoms with Gasteiger partial charge in [0.1, 0.15) is 11.3 Å². The number of ether oxygens (including phenoxy) is 1. The zero-order valence-corrected chi connectivity index (χ0v) is 15.7. The lowest BCUT2D eigenvalue weighted by molar-refractivity contribution is -0.118. The fourth-order valence-electron chi connectivity index (χ4n) is 2.57. The van der Waals surface area contributed by atoms with Crippen molar-refractivity contribution in [2.45, 2.75) is 12.1 Å². The summed E-state index contributed by atoms with van der Waals surface area (Å²) in [5, 5.41) is 3.08. The predicted molar refractivity (Wildman–Crippen MR) is 102 cm³/mol. The maximum absolute atomic E-state index is 13.3. The van der Waals surface area contributed by atoms with Crippen molar-refractivity contribution >= 4 is 28.7 Å². The number of thioether (sulfide) groups is 1. The van der Waals surface area contributed by atoms with Crippen LogP contribution in [-0.2, 0) is 9.53 Å². The first-order chi connectivity index (χ1) is 13.0. The normalized spacial score (nSPS) is 11.1. The zero-order chi connectivity index (χ0) is 19.4. The third-order valence-corrected chi connectivity index (χ3v) is 4.74. The molecule has 142 valence electrons. The second-order valence-corrected chi connectivity index (χ2v) is 6.80. The minimum Gasteiger partial charge on any atom is -0.383 e. The average molecular weight is 390 g/mol. The van der Waals surface area contributed by atoms with Gasteiger partial charge < -0.3 is 15.0 Å². The topological polar surface area (TPSA) is 89.0 Å². The van der Waals surface area contributed by atoms with Gasteiger partial charge >= 0.3 is 0 Å². The molecule has 0 saturated heterocycles. The molecular formula is C18H19FN4O3S. The standard InChI is InChI=1S/C18H19FN4O3S/c1-11-9-14-16(21-11)17(25)23(13-5-3-12(19)4-6-13)18(22-14)27-10-15(24)20-7-8-26-2/h3-6,9,21H,7-8,10H2,1-2H3,(H,20,24). The van der Waals surface area contributed by atoms with Gasteiger partial charge in [0.25, 0.3) is 5.56 Å². The van der Waals surface area contributed by atoms with Gasteiger partial charge in [0.2, 0.25) is 5.91 Å². The fourth-order valence-corrected chi connectivity index (χ4v) is 3.41. The van der Waals surface area contributed by atoms with Crippen LogP contribution in [0.3, 0.4) is 0 Å². The lowest BCUT2D eigenvalue weighted by atomic mass is 10.3. The Balaban J connectivity index is 1.97. The molecule has 1 aromatic carbocycles. The van der Waals surface area contributed by atoms with E-state index in [4.69, 9.17) is 4.74 Å². The van der Waals surface area contributed by atoms with Crippen molar-refractivity contribution in [3.05, 3.63) is 52.2 Å². The maximum atomic E-state index is 13.3. The second kappa shape index (κ2) is 8.36. The third-order valence-electron chi connectivity index (χ3n) is 3.80. The Hall–Kier alpha value is -2.65. The number of halogens is 1. The van der Waals surface area contributed by atoms with E-state index in [1.165, 1.54) is 28.8 Å². The first-order valence-corrected chi connectivity index (χ1v) is 9.25. The highest BCUT2D eigenvalue weighted by Gasteiger charge is 2.16. The molecule has 0 atom stereocenters. The number of amides is 1. The van der Waals surface area contributed by atoms with Crippen LogP contribution in [0.4, 0.5) is 4.39 Å². The molecule has 0 bridgehead atoms. The van der Waals surface area contributed by atoms with Crippen molar-refractivity contribution < 1.29 is 13.9 Å². The van der Waals surface area contributed by atoms with Gasteiger partial charge in [-0.3, -0.25) is 14.2 Å². The summed E-state index contributed by atoms with van der Waals surface area (Å²) in [5.41, 5.74) is 1.87. The summed E-state index contributed by atoms with van der Waals surface area (Å²) in [6.45, 7) is 2.66. The van der Waals surface area contributed by atoms with Crippen LogP contribution in [0.2, 0.25) is 0 Å². The molecule has 27 heavy (non-hydrogen) atoms. The van der Waals surface area contributed by atoms with E-state index in [1.807, 2.05) is 6.92 Å². The molecule has 0 saturated carbocycles. The van der Waals surface area contributed by atoms with Gasteiger partial charge in [-0.05, 0) is 37.3 Å². The fraction of sp³-hybridized carbons (Fsp3) is 0.278. The van der Waals surface area contributed by atoms with Gasteiger partial charge in [-0.1, -0.05) is 11.8 Å². The molecular weight excluding hydrogens is 371 g/mol. The number of hydrogen-bond donors (Lipinski definition) is 2. The second-order valence-electron chi connectivity index (χ2n) is 5.86. The molecule has 3 aromatic rings. The van der Waals surface area contributed by atoms with Crippen LogP contribution in [0.25, 0.3) is 16.7 Å². The smallest absolute Gasteiger partial charge is 0.283 e. The van der Waals surface area contributed by atoms with Gasteiger partial charge in [-0.15, -0.1) is 0 Å². The largest absolute Gasteiger partial charge is 0.383 e. The van der Waals surface area contributed by atoms with Crippen molar-refractivity contribution in [3.8, 4) is 5.69 Å². The van der Waals surface area contributed by atoms with Crippen molar-refractivity contribution in [3.63, 3.8) is 0 Å². The summed E-state index contributed by atoms with van der Waals surface area (Å²) in [6, 6.07) is 7.33. The van der Waals surface area contributed by atoms with Gasteiger partial charge in [0, 0.05) is 19.3 Å². The molecule has 2 aromatic heterocycles. The number of H-pyrrole nitrogens is 1. The number of fused-ring (bicyclic) bond motifs is 1. The molecule has 7 nitrogen and oxygen atoms in total. The Labute approximate surface area is 158 Å². The Morgan fingerprint density at radius 2 is 2.11 bits per heavy atom. The molecule has 0 radical (unpaired) electrons. The van der Waals surface area contributed by atoms with Crippen LogP contribution in [0.1, 0.15) is 5.69 Å². The molecule has 0 aliphatic rings. The summed E-state index contributed by atoms with van der Waals surface area (Å²) in [5.74, 6) is -0.503. The highest BCUT2D eigenvalue weighted by atomic mass is 32.2. The molecule has 9 heteroatoms. The molecule has 0 unspecified atom stereocenters. The Kier molecular flexibility index (Phi) is 5.92. The molecule has 0 aliphatic heterocycles. The van der Waals surface area contributed by atoms with E-state index < -0.39 is 5.82 Å². The Bertz CT molecular complexity index is 1010. The van der Waals surface area contributed by atoms with E-state index in [0.717, 1.165) is 17.5 Å². The highest BCUT2D eigenvalue weighted by Crippen LogP contribution is 2.21. The number of carbonyl (C=O) groups is 1. The molecule has 0 fully saturated rings. The van der Waals surface area contributed by atoms with Gasteiger partial charge in [0.15, 0.2) is 5.16 Å². The molecule has 3 rings (SSSR count). The van der Waals surface area contributed by atoms with Crippen LogP contribution < -0.4 is 10.9 Å². The lowest BCUT2D eigenvalue weighted by Gasteiger charge is -2.12. The summed E-state index contributed by atoms with van der Waals surface area (Å²) >= 11 is 1.14. The van der Waals surface area contributed by atoms with Gasteiger partial charge in [-0.2, -0.15) is 0 Å². The van der Waals surface area contributed by atoms with E-state index in [9.17, 15) is 14.0 Å². The number of hydrogen-bond acceptors (Lipinski definition) is 5. The van der Waals surface area contributed by atoms with Crippen LogP contribution >= 0.6 is 11.8 Å². The summed E-state index contributed by atoms with van der Waals surface area (Å²) in [6.07, 6.45) is 0. The number of benzene rings is 1. The third kappa shape index (κ3) is 4.37. The number of nitrogens with zero attached hydrogens (tertiary/aromatic N) is 2. The predicted octanol–water partition coefficient (Wildman–Crippen LogP) is 2.02. The highest BCUT2D eigenvalue weighted by molar-refractivity contribution is 7.99. The molecule has 1 amide bonds. The Morgan fingerprint density at radius 1 is 1.37 bits per heavy atom. The average Bonchev–Trinajstić information content (AvgIpc) is 3.02. The number of rotatable bonds is 7. The minimum atomic E-state index is -0.400. The van der Waals surface area contributed by atoms with E-state index in [2.05, 4.69) is 15.3 Å². The first-order valence-electron chi connectivity index (χ1n) is 8.26. The van der Waals surface area contributed by atoms with Gasteiger partial charge in [0.05, 0.1) is 23.6 Å². The van der Waals surface area contributed by atoms with Crippen molar-refractivity contribution in [1.82, 2.24) is 19.9 Å². The molecule has 0 aliphatic carbocycles. The number of carbonyl (C=O) groups excluding carboxylic acids is 1. The van der Waals surface area contributed by atoms with Crippen molar-refractivity contribution in [2.24, 2.45) is 0 Å². The number of nitrogens with one attached hydrogen (secondary N) is 2. The van der Waals surface area contributed by atoms with Crippen molar-refractivity contribution in [2.75, 3.05) is 26.0 Å². The summed E-state index contributed by atoms with van der Waals surface area (Å²) in [4.78, 5) is 32.5. The van der Waals surface area contributed by atoms with Crippen LogP contribution in [0.15, 0.2) is 40.3 Å². The first kappa shape index (κ1) is 19.1. The zero-order valence-electron chi connectivity index (χ0n) is 14.9. The SMILES string of the molecule is COCCNC(=O)CSc1nc2cc(C)[nH]c2c(=O)n1-c1ccc(F)cc1. The van der Waals surface area contributed by atoms with Crippen molar-refractivity contribution in [1.29, 1.82) is 0 Å². The number of aryl methyl sites for hydroxylation is 1. The summed E-state index contributed by atoms with van der Waals surface area (Å²) in [7, 11) is 1.56. The maximum Gasteiger partial charge on any atom is 0.283 e. The van der Waals surface area contributed by atoms with E-state index in [0.29, 0.717) is 35.0 Å². The molecule has 2 N–H and O–H groups in total. The molecule has 2 heterocycles. The molecule has 0 spiro atoms. The van der Waals surface area contributed by atoms with Crippen LogP contribution in [-0.4, -0.2) is 46.5 Å². The van der Waals surface area contributed by atoms with E-state index in [-0.39, 0.29) is 17.2 Å². The monoisotopic (exact) mass is 390 g/mol. The van der Waals surface area contributed by atoms with Crippen LogP contribution in [0.5, 0.6) is 0 Å². The van der Waals surface area contributed by atoms with E-state index >= 15 is 0 Å². The summed E-state index contributed by atoms with van der Waals surface area (Å²) < 4.78 is 19.6. The van der Waals surface area contributed by atoms with E-state index in [1.54, 1.807) is 13.2 Å². The Morgan fingerprint density at radius 3 is 2.81 bits per heavy atom. The lowest BCUT2D eigenvalue weighted by Crippen LogP contribution is -2.29. The van der Waals surface area contributed by atoms with Crippen LogP contribution in [0, 0.1) is 12.7 Å². The van der Waals surface area contributed by atoms with Gasteiger partial charge in [-0.25, -0.2) is 9.37 Å². The minimum absolute atomic E-state index is 0.0895. The number of aromatic amines is 1. The number of methoxy groups -OCH3 is 1. The quantitative estimate of drug-likeness (QED) is 0.366. The number of aromatic nitrogens is 3.